The maximum absolute atomic E-state index is 12.6. The fourth-order valence-electron chi connectivity index (χ4n) is 2.75. The van der Waals surface area contributed by atoms with E-state index in [0.717, 1.165) is 19.8 Å². The van der Waals surface area contributed by atoms with Crippen LogP contribution >= 0.6 is 15.9 Å². The van der Waals surface area contributed by atoms with Crippen molar-refractivity contribution < 1.29 is 19.1 Å². The first kappa shape index (κ1) is 18.1. The van der Waals surface area contributed by atoms with Crippen LogP contribution in [0.3, 0.4) is 0 Å². The summed E-state index contributed by atoms with van der Waals surface area (Å²) in [5.41, 5.74) is 0.786. The molecule has 1 fully saturated rings. The number of hydrogen-bond donors (Lipinski definition) is 0. The first-order valence-electron chi connectivity index (χ1n) is 8.11. The smallest absolute Gasteiger partial charge is 0.334 e. The Bertz CT molecular complexity index is 840. The molecule has 7 heteroatoms. The molecular weight excluding hydrogens is 400 g/mol. The summed E-state index contributed by atoms with van der Waals surface area (Å²) in [5.74, 6) is -1.02. The number of carbonyl (C=O) groups excluding carboxylic acids is 3. The van der Waals surface area contributed by atoms with E-state index in [9.17, 15) is 14.4 Å². The van der Waals surface area contributed by atoms with E-state index in [4.69, 9.17) is 4.74 Å². The predicted octanol–water partition coefficient (Wildman–Crippen LogP) is 3.38. The summed E-state index contributed by atoms with van der Waals surface area (Å²) < 4.78 is 6.42. The van der Waals surface area contributed by atoms with Crippen LogP contribution in [0.15, 0.2) is 59.1 Å². The van der Waals surface area contributed by atoms with E-state index in [-0.39, 0.29) is 13.2 Å². The average Bonchev–Trinajstić information content (AvgIpc) is 2.85. The highest BCUT2D eigenvalue weighted by atomic mass is 79.9. The van der Waals surface area contributed by atoms with E-state index in [1.807, 2.05) is 42.5 Å². The Balaban J connectivity index is 1.66. The van der Waals surface area contributed by atoms with E-state index >= 15 is 0 Å². The van der Waals surface area contributed by atoms with Crippen LogP contribution in [0, 0.1) is 0 Å². The summed E-state index contributed by atoms with van der Waals surface area (Å²) >= 11 is 3.34. The van der Waals surface area contributed by atoms with Gasteiger partial charge in [-0.2, -0.15) is 0 Å². The van der Waals surface area contributed by atoms with Crippen molar-refractivity contribution in [1.82, 2.24) is 9.80 Å². The second-order valence-corrected chi connectivity index (χ2v) is 6.72. The highest BCUT2D eigenvalue weighted by Gasteiger charge is 2.46. The van der Waals surface area contributed by atoms with Crippen molar-refractivity contribution in [3.8, 4) is 5.75 Å². The van der Waals surface area contributed by atoms with Crippen molar-refractivity contribution in [2.24, 2.45) is 0 Å². The lowest BCUT2D eigenvalue weighted by Crippen LogP contribution is -2.37. The van der Waals surface area contributed by atoms with Crippen LogP contribution in [-0.4, -0.2) is 40.8 Å². The molecule has 26 heavy (non-hydrogen) atoms. The second kappa shape index (κ2) is 7.70. The molecule has 134 valence electrons. The highest BCUT2D eigenvalue weighted by molar-refractivity contribution is 9.10. The third-order valence-electron chi connectivity index (χ3n) is 4.13. The Hall–Kier alpha value is -2.67. The standard InChI is InChI=1S/C19H17BrN2O4/c1-13(14-6-3-2-4-7-14)22-18(24)17(23)21(19(22)25)10-11-26-16-9-5-8-15(20)12-16/h2-9,12-13H,10-11H2,1H3. The van der Waals surface area contributed by atoms with Gasteiger partial charge in [0.2, 0.25) is 0 Å². The third-order valence-corrected chi connectivity index (χ3v) is 4.63. The first-order chi connectivity index (χ1) is 12.5. The van der Waals surface area contributed by atoms with Crippen molar-refractivity contribution in [2.75, 3.05) is 13.2 Å². The molecule has 1 aliphatic rings. The topological polar surface area (TPSA) is 66.9 Å². The van der Waals surface area contributed by atoms with Gasteiger partial charge in [-0.1, -0.05) is 52.3 Å². The quantitative estimate of drug-likeness (QED) is 0.534. The number of halogens is 1. The van der Waals surface area contributed by atoms with Crippen LogP contribution in [-0.2, 0) is 9.59 Å². The maximum atomic E-state index is 12.6. The number of nitrogens with zero attached hydrogens (tertiary/aromatic N) is 2. The van der Waals surface area contributed by atoms with Gasteiger partial charge < -0.3 is 4.74 Å². The van der Waals surface area contributed by atoms with Gasteiger partial charge in [-0.15, -0.1) is 0 Å². The molecule has 1 atom stereocenters. The Morgan fingerprint density at radius 1 is 1.00 bits per heavy atom. The predicted molar refractivity (Wildman–Crippen MR) is 98.4 cm³/mol. The van der Waals surface area contributed by atoms with Gasteiger partial charge in [0.25, 0.3) is 0 Å². The van der Waals surface area contributed by atoms with Crippen LogP contribution in [0.5, 0.6) is 5.75 Å². The second-order valence-electron chi connectivity index (χ2n) is 5.81. The molecule has 2 aromatic rings. The van der Waals surface area contributed by atoms with Gasteiger partial charge in [-0.25, -0.2) is 9.69 Å². The van der Waals surface area contributed by atoms with E-state index in [2.05, 4.69) is 15.9 Å². The molecule has 1 heterocycles. The molecule has 0 saturated carbocycles. The summed E-state index contributed by atoms with van der Waals surface area (Å²) in [6, 6.07) is 15.2. The Kier molecular flexibility index (Phi) is 5.37. The van der Waals surface area contributed by atoms with E-state index in [1.165, 1.54) is 0 Å². The van der Waals surface area contributed by atoms with Crippen LogP contribution in [0.4, 0.5) is 4.79 Å². The minimum absolute atomic E-state index is 0.00787. The molecule has 0 radical (unpaired) electrons. The Labute approximate surface area is 159 Å². The lowest BCUT2D eigenvalue weighted by atomic mass is 10.1. The zero-order valence-electron chi connectivity index (χ0n) is 14.1. The maximum Gasteiger partial charge on any atom is 0.334 e. The molecule has 0 aromatic heterocycles. The number of imide groups is 2. The van der Waals surface area contributed by atoms with Crippen molar-refractivity contribution >= 4 is 33.8 Å². The largest absolute Gasteiger partial charge is 0.492 e. The fraction of sp³-hybridized carbons (Fsp3) is 0.211. The minimum Gasteiger partial charge on any atom is -0.492 e. The molecule has 1 aliphatic heterocycles. The first-order valence-corrected chi connectivity index (χ1v) is 8.90. The number of rotatable bonds is 6. The van der Waals surface area contributed by atoms with E-state index in [0.29, 0.717) is 5.75 Å². The number of benzene rings is 2. The van der Waals surface area contributed by atoms with Gasteiger partial charge in [0.05, 0.1) is 12.6 Å². The van der Waals surface area contributed by atoms with E-state index < -0.39 is 23.9 Å². The van der Waals surface area contributed by atoms with E-state index in [1.54, 1.807) is 19.1 Å². The van der Waals surface area contributed by atoms with Crippen LogP contribution in [0.25, 0.3) is 0 Å². The summed E-state index contributed by atoms with van der Waals surface area (Å²) in [7, 11) is 0. The van der Waals surface area contributed by atoms with Gasteiger partial charge in [-0.3, -0.25) is 14.5 Å². The summed E-state index contributed by atoms with van der Waals surface area (Å²) in [6.07, 6.45) is 0. The SMILES string of the molecule is CC(c1ccccc1)N1C(=O)C(=O)N(CCOc2cccc(Br)c2)C1=O. The van der Waals surface area contributed by atoms with Crippen molar-refractivity contribution in [3.05, 3.63) is 64.6 Å². The number of carbonyl (C=O) groups is 3. The lowest BCUT2D eigenvalue weighted by Gasteiger charge is -2.22. The van der Waals surface area contributed by atoms with Crippen molar-refractivity contribution in [1.29, 1.82) is 0 Å². The molecule has 0 spiro atoms. The normalized spacial score (nSPS) is 15.5. The van der Waals surface area contributed by atoms with Crippen molar-refractivity contribution in [3.63, 3.8) is 0 Å². The molecule has 0 N–H and O–H groups in total. The fourth-order valence-corrected chi connectivity index (χ4v) is 3.13. The summed E-state index contributed by atoms with van der Waals surface area (Å²) in [6.45, 7) is 1.84. The van der Waals surface area contributed by atoms with Gasteiger partial charge in [0.15, 0.2) is 0 Å². The lowest BCUT2D eigenvalue weighted by molar-refractivity contribution is -0.144. The number of urea groups is 1. The van der Waals surface area contributed by atoms with Crippen molar-refractivity contribution in [2.45, 2.75) is 13.0 Å². The molecule has 1 saturated heterocycles. The third kappa shape index (κ3) is 3.62. The summed E-state index contributed by atoms with van der Waals surface area (Å²) in [4.78, 5) is 39.0. The van der Waals surface area contributed by atoms with Crippen LogP contribution < -0.4 is 4.74 Å². The molecule has 1 unspecified atom stereocenters. The molecular formula is C19H17BrN2O4. The highest BCUT2D eigenvalue weighted by Crippen LogP contribution is 2.26. The van der Waals surface area contributed by atoms with Gasteiger partial charge in [0, 0.05) is 4.47 Å². The number of ether oxygens (including phenoxy) is 1. The van der Waals surface area contributed by atoms with Crippen LogP contribution in [0.2, 0.25) is 0 Å². The minimum atomic E-state index is -0.823. The van der Waals surface area contributed by atoms with Gasteiger partial charge >= 0.3 is 17.8 Å². The van der Waals surface area contributed by atoms with Gasteiger partial charge in [-0.05, 0) is 30.7 Å². The zero-order chi connectivity index (χ0) is 18.7. The van der Waals surface area contributed by atoms with Crippen LogP contribution in [0.1, 0.15) is 18.5 Å². The molecule has 3 rings (SSSR count). The zero-order valence-corrected chi connectivity index (χ0v) is 15.7. The average molecular weight is 417 g/mol. The number of amides is 4. The number of hydrogen-bond acceptors (Lipinski definition) is 4. The molecule has 2 aromatic carbocycles. The molecule has 6 nitrogen and oxygen atoms in total. The Morgan fingerprint density at radius 3 is 2.42 bits per heavy atom. The van der Waals surface area contributed by atoms with Gasteiger partial charge in [0.1, 0.15) is 12.4 Å². The molecule has 0 bridgehead atoms. The summed E-state index contributed by atoms with van der Waals surface area (Å²) in [5, 5.41) is 0. The monoisotopic (exact) mass is 416 g/mol. The molecule has 0 aliphatic carbocycles. The Morgan fingerprint density at radius 2 is 1.73 bits per heavy atom. The molecule has 4 amide bonds.